The summed E-state index contributed by atoms with van der Waals surface area (Å²) in [5, 5.41) is 8.46. The minimum atomic E-state index is -3.47. The van der Waals surface area contributed by atoms with Gasteiger partial charge in [-0.3, -0.25) is 4.57 Å². The molecule has 2 unspecified atom stereocenters. The topological polar surface area (TPSA) is 135 Å². The molecule has 0 amide bonds. The van der Waals surface area contributed by atoms with Gasteiger partial charge in [0.05, 0.1) is 25.7 Å². The Morgan fingerprint density at radius 2 is 2.28 bits per heavy atom. The Morgan fingerprint density at radius 3 is 2.92 bits per heavy atom. The van der Waals surface area contributed by atoms with Crippen LogP contribution in [0.3, 0.4) is 0 Å². The van der Waals surface area contributed by atoms with Gasteiger partial charge in [0.15, 0.2) is 8.03 Å². The molecule has 12 heteroatoms. The summed E-state index contributed by atoms with van der Waals surface area (Å²) in [5.41, 5.74) is -0.494. The molecule has 1 aliphatic rings. The van der Waals surface area contributed by atoms with E-state index in [4.69, 9.17) is 30.9 Å². The van der Waals surface area contributed by atoms with Gasteiger partial charge in [-0.05, 0) is 30.6 Å². The fourth-order valence-corrected chi connectivity index (χ4v) is 4.89. The predicted molar refractivity (Wildman–Crippen MR) is 92.8 cm³/mol. The zero-order chi connectivity index (χ0) is 18.3. The molecule has 138 valence electrons. The van der Waals surface area contributed by atoms with Gasteiger partial charge in [-0.15, -0.1) is 0 Å². The monoisotopic (exact) mass is 407 g/mol. The van der Waals surface area contributed by atoms with Gasteiger partial charge in [-0.1, -0.05) is 0 Å². The highest BCUT2D eigenvalue weighted by Gasteiger charge is 2.39. The van der Waals surface area contributed by atoms with E-state index in [-0.39, 0.29) is 31.7 Å². The summed E-state index contributed by atoms with van der Waals surface area (Å²) in [6.07, 6.45) is 3.57. The average Bonchev–Trinajstić information content (AvgIpc) is 2.97. The van der Waals surface area contributed by atoms with Gasteiger partial charge < -0.3 is 23.6 Å². The maximum absolute atomic E-state index is 11.6. The lowest BCUT2D eigenvalue weighted by Crippen LogP contribution is -2.16. The van der Waals surface area contributed by atoms with Crippen LogP contribution in [0.25, 0.3) is 0 Å². The SMILES string of the molecule is N#CCCOP(O)(=S)OC[C@H]1C[C@@H](Oc2ccncn2)C[C@@H]1[PH](=O)O. The molecule has 0 aromatic carbocycles. The summed E-state index contributed by atoms with van der Waals surface area (Å²) < 4.78 is 27.6. The number of hydrogen-bond acceptors (Lipinski definition) is 8. The van der Waals surface area contributed by atoms with Crippen molar-refractivity contribution in [2.45, 2.75) is 31.0 Å². The Hall–Kier alpha value is -0.910. The fourth-order valence-electron chi connectivity index (χ4n) is 2.61. The Kier molecular flexibility index (Phi) is 7.91. The zero-order valence-corrected chi connectivity index (χ0v) is 15.9. The van der Waals surface area contributed by atoms with Gasteiger partial charge in [0.25, 0.3) is 0 Å². The molecular formula is C13H19N3O6P2S. The minimum absolute atomic E-state index is 0.00833. The van der Waals surface area contributed by atoms with E-state index in [1.54, 1.807) is 12.3 Å². The van der Waals surface area contributed by atoms with Crippen molar-refractivity contribution in [1.82, 2.24) is 9.97 Å². The zero-order valence-electron chi connectivity index (χ0n) is 13.2. The quantitative estimate of drug-likeness (QED) is 0.459. The molecule has 0 saturated heterocycles. The van der Waals surface area contributed by atoms with E-state index in [9.17, 15) is 14.4 Å². The van der Waals surface area contributed by atoms with Crippen molar-refractivity contribution in [2.24, 2.45) is 5.92 Å². The first-order valence-electron chi connectivity index (χ1n) is 7.55. The van der Waals surface area contributed by atoms with Crippen LogP contribution in [0.1, 0.15) is 19.3 Å². The second-order valence-electron chi connectivity index (χ2n) is 5.47. The number of hydrogen-bond donors (Lipinski definition) is 2. The minimum Gasteiger partial charge on any atom is -0.474 e. The van der Waals surface area contributed by atoms with Gasteiger partial charge in [0.1, 0.15) is 12.4 Å². The molecule has 9 nitrogen and oxygen atoms in total. The molecule has 1 saturated carbocycles. The molecular weight excluding hydrogens is 388 g/mol. The first-order chi connectivity index (χ1) is 11.9. The maximum atomic E-state index is 11.6. The number of rotatable bonds is 9. The number of aromatic nitrogens is 2. The van der Waals surface area contributed by atoms with Crippen LogP contribution in [-0.2, 0) is 25.4 Å². The van der Waals surface area contributed by atoms with Crippen LogP contribution in [0.4, 0.5) is 0 Å². The van der Waals surface area contributed by atoms with Crippen molar-refractivity contribution in [3.05, 3.63) is 18.6 Å². The highest BCUT2D eigenvalue weighted by Crippen LogP contribution is 2.48. The second-order valence-corrected chi connectivity index (χ2v) is 9.73. The second kappa shape index (κ2) is 9.70. The summed E-state index contributed by atoms with van der Waals surface area (Å²) >= 11 is 4.86. The van der Waals surface area contributed by atoms with Crippen molar-refractivity contribution in [2.75, 3.05) is 13.2 Å². The van der Waals surface area contributed by atoms with Gasteiger partial charge in [0, 0.05) is 17.9 Å². The van der Waals surface area contributed by atoms with Crippen molar-refractivity contribution in [1.29, 1.82) is 5.26 Å². The van der Waals surface area contributed by atoms with Gasteiger partial charge in [-0.2, -0.15) is 5.26 Å². The first kappa shape index (κ1) is 20.4. The third kappa shape index (κ3) is 6.72. The molecule has 1 aromatic heterocycles. The van der Waals surface area contributed by atoms with E-state index in [2.05, 4.69) is 9.97 Å². The summed E-state index contributed by atoms with van der Waals surface area (Å²) in [7, 11) is -2.80. The molecule has 1 aliphatic carbocycles. The van der Waals surface area contributed by atoms with Gasteiger partial charge in [-0.25, -0.2) is 9.97 Å². The Bertz CT molecular complexity index is 673. The Labute approximate surface area is 151 Å². The lowest BCUT2D eigenvalue weighted by Gasteiger charge is -2.20. The van der Waals surface area contributed by atoms with E-state index < -0.39 is 20.4 Å². The highest BCUT2D eigenvalue weighted by atomic mass is 32.5. The standard InChI is InChI=1S/C13H19N3O6P2S/c14-3-1-5-20-24(19,25)21-8-10-6-11(7-12(10)23(17)18)22-13-2-4-15-9-16-13/h2,4,9-12,23H,1,5-8H2,(H,17,18)(H,19,25)/t10-,11-,12+,24?/m1/s1. The Morgan fingerprint density at radius 1 is 1.48 bits per heavy atom. The molecule has 1 fully saturated rings. The normalized spacial score (nSPS) is 26.5. The largest absolute Gasteiger partial charge is 0.474 e. The third-order valence-corrected chi connectivity index (χ3v) is 6.69. The molecule has 1 aromatic rings. The van der Waals surface area contributed by atoms with E-state index in [0.29, 0.717) is 18.7 Å². The fraction of sp³-hybridized carbons (Fsp3) is 0.615. The molecule has 0 radical (unpaired) electrons. The third-order valence-electron chi connectivity index (χ3n) is 3.73. The van der Waals surface area contributed by atoms with E-state index in [1.807, 2.05) is 6.07 Å². The van der Waals surface area contributed by atoms with Crippen molar-refractivity contribution >= 4 is 26.6 Å². The lowest BCUT2D eigenvalue weighted by molar-refractivity contribution is 0.160. The average molecular weight is 407 g/mol. The first-order valence-corrected chi connectivity index (χ1v) is 11.6. The van der Waals surface area contributed by atoms with Crippen LogP contribution in [0.2, 0.25) is 0 Å². The van der Waals surface area contributed by atoms with E-state index in [0.717, 1.165) is 0 Å². The van der Waals surface area contributed by atoms with E-state index in [1.165, 1.54) is 6.33 Å². The summed E-state index contributed by atoms with van der Waals surface area (Å²) in [5.74, 6) is 0.0994. The van der Waals surface area contributed by atoms with Crippen LogP contribution in [0.15, 0.2) is 18.6 Å². The van der Waals surface area contributed by atoms with Crippen LogP contribution < -0.4 is 4.74 Å². The number of ether oxygens (including phenoxy) is 1. The summed E-state index contributed by atoms with van der Waals surface area (Å²) in [4.78, 5) is 27.3. The van der Waals surface area contributed by atoms with Crippen LogP contribution in [-0.4, -0.2) is 44.7 Å². The van der Waals surface area contributed by atoms with Crippen LogP contribution >= 0.6 is 14.7 Å². The van der Waals surface area contributed by atoms with Crippen molar-refractivity contribution in [3.8, 4) is 11.9 Å². The van der Waals surface area contributed by atoms with Crippen molar-refractivity contribution < 1.29 is 28.1 Å². The van der Waals surface area contributed by atoms with Gasteiger partial charge >= 0.3 is 6.72 Å². The van der Waals surface area contributed by atoms with Crippen molar-refractivity contribution in [3.63, 3.8) is 0 Å². The lowest BCUT2D eigenvalue weighted by atomic mass is 10.1. The maximum Gasteiger partial charge on any atom is 0.324 e. The molecule has 2 rings (SSSR count). The summed E-state index contributed by atoms with van der Waals surface area (Å²) in [6, 6.07) is 3.48. The van der Waals surface area contributed by atoms with Crippen LogP contribution in [0.5, 0.6) is 5.88 Å². The molecule has 0 spiro atoms. The highest BCUT2D eigenvalue weighted by molar-refractivity contribution is 8.07. The molecule has 0 bridgehead atoms. The van der Waals surface area contributed by atoms with Gasteiger partial charge in [0.2, 0.25) is 5.88 Å². The molecule has 1 heterocycles. The number of nitriles is 1. The van der Waals surface area contributed by atoms with E-state index >= 15 is 0 Å². The Balaban J connectivity index is 1.91. The summed E-state index contributed by atoms with van der Waals surface area (Å²) in [6.45, 7) is -3.50. The van der Waals surface area contributed by atoms with Crippen LogP contribution in [0, 0.1) is 17.2 Å². The predicted octanol–water partition coefficient (Wildman–Crippen LogP) is 1.63. The molecule has 2 N–H and O–H groups in total. The molecule has 25 heavy (non-hydrogen) atoms. The number of nitrogens with zero attached hydrogens (tertiary/aromatic N) is 3. The molecule has 0 aliphatic heterocycles. The smallest absolute Gasteiger partial charge is 0.324 e. The molecule has 5 atom stereocenters.